The number of hydrogen-bond acceptors (Lipinski definition) is 3. The highest BCUT2D eigenvalue weighted by Gasteiger charge is 2.45. The van der Waals surface area contributed by atoms with Crippen LogP contribution in [0.25, 0.3) is 0 Å². The lowest BCUT2D eigenvalue weighted by Crippen LogP contribution is -2.34. The molecule has 0 unspecified atom stereocenters. The molecule has 2 rings (SSSR count). The summed E-state index contributed by atoms with van der Waals surface area (Å²) in [6, 6.07) is 5.05. The Morgan fingerprint density at radius 2 is 1.86 bits per heavy atom. The molecule has 2 N–H and O–H groups in total. The maximum atomic E-state index is 12.6. The molecular formula is C17H23NO4. The monoisotopic (exact) mass is 305 g/mol. The van der Waals surface area contributed by atoms with Gasteiger partial charge in [0.2, 0.25) is 5.91 Å². The average molecular weight is 305 g/mol. The van der Waals surface area contributed by atoms with Gasteiger partial charge in [0, 0.05) is 11.8 Å². The van der Waals surface area contributed by atoms with E-state index in [1.807, 2.05) is 6.07 Å². The SMILES string of the molecule is CCCCC1(CCCC)C(=O)Nc2cc(OC(=O)O)ccc21. The van der Waals surface area contributed by atoms with Crippen molar-refractivity contribution in [3.8, 4) is 5.75 Å². The first-order valence-corrected chi connectivity index (χ1v) is 7.90. The molecule has 5 nitrogen and oxygen atoms in total. The predicted molar refractivity (Wildman–Crippen MR) is 84.5 cm³/mol. The number of anilines is 1. The summed E-state index contributed by atoms with van der Waals surface area (Å²) in [6.07, 6.45) is 4.34. The lowest BCUT2D eigenvalue weighted by Gasteiger charge is -2.27. The maximum absolute atomic E-state index is 12.6. The lowest BCUT2D eigenvalue weighted by atomic mass is 9.73. The van der Waals surface area contributed by atoms with Crippen LogP contribution in [0.3, 0.4) is 0 Å². The Labute approximate surface area is 130 Å². The topological polar surface area (TPSA) is 75.6 Å². The van der Waals surface area contributed by atoms with Gasteiger partial charge in [-0.1, -0.05) is 45.6 Å². The van der Waals surface area contributed by atoms with Crippen LogP contribution in [0.5, 0.6) is 5.75 Å². The zero-order valence-corrected chi connectivity index (χ0v) is 13.1. The molecule has 1 aromatic carbocycles. The Kier molecular flexibility index (Phi) is 5.06. The molecule has 0 bridgehead atoms. The summed E-state index contributed by atoms with van der Waals surface area (Å²) in [7, 11) is 0. The number of rotatable bonds is 7. The third kappa shape index (κ3) is 3.08. The quantitative estimate of drug-likeness (QED) is 0.581. The number of unbranched alkanes of at least 4 members (excludes halogenated alkanes) is 2. The van der Waals surface area contributed by atoms with Gasteiger partial charge in [-0.3, -0.25) is 4.79 Å². The summed E-state index contributed by atoms with van der Waals surface area (Å²) in [5.41, 5.74) is 1.16. The van der Waals surface area contributed by atoms with Crippen molar-refractivity contribution in [1.82, 2.24) is 0 Å². The van der Waals surface area contributed by atoms with Crippen LogP contribution in [-0.2, 0) is 10.2 Å². The first-order valence-electron chi connectivity index (χ1n) is 7.90. The molecule has 0 saturated heterocycles. The molecule has 0 spiro atoms. The minimum atomic E-state index is -1.35. The summed E-state index contributed by atoms with van der Waals surface area (Å²) in [6.45, 7) is 4.23. The summed E-state index contributed by atoms with van der Waals surface area (Å²) in [4.78, 5) is 23.3. The van der Waals surface area contributed by atoms with E-state index in [1.54, 1.807) is 12.1 Å². The van der Waals surface area contributed by atoms with Crippen molar-refractivity contribution < 1.29 is 19.4 Å². The molecule has 1 aromatic rings. The smallest absolute Gasteiger partial charge is 0.449 e. The fourth-order valence-corrected chi connectivity index (χ4v) is 3.15. The van der Waals surface area contributed by atoms with Crippen molar-refractivity contribution in [3.05, 3.63) is 23.8 Å². The molecule has 22 heavy (non-hydrogen) atoms. The van der Waals surface area contributed by atoms with E-state index < -0.39 is 11.6 Å². The van der Waals surface area contributed by atoms with Crippen molar-refractivity contribution in [2.24, 2.45) is 0 Å². The van der Waals surface area contributed by atoms with Crippen LogP contribution in [-0.4, -0.2) is 17.2 Å². The van der Waals surface area contributed by atoms with E-state index in [-0.39, 0.29) is 11.7 Å². The molecule has 0 radical (unpaired) electrons. The Bertz CT molecular complexity index is 560. The van der Waals surface area contributed by atoms with Crippen LogP contribution < -0.4 is 10.1 Å². The van der Waals surface area contributed by atoms with Gasteiger partial charge in [-0.2, -0.15) is 0 Å². The van der Waals surface area contributed by atoms with E-state index in [4.69, 9.17) is 5.11 Å². The summed E-state index contributed by atoms with van der Waals surface area (Å²) in [5.74, 6) is 0.255. The summed E-state index contributed by atoms with van der Waals surface area (Å²) in [5, 5.41) is 11.6. The highest BCUT2D eigenvalue weighted by molar-refractivity contribution is 6.06. The Morgan fingerprint density at radius 1 is 1.23 bits per heavy atom. The van der Waals surface area contributed by atoms with Crippen molar-refractivity contribution in [3.63, 3.8) is 0 Å². The Balaban J connectivity index is 2.36. The predicted octanol–water partition coefficient (Wildman–Crippen LogP) is 4.31. The highest BCUT2D eigenvalue weighted by Crippen LogP contribution is 2.46. The molecule has 0 fully saturated rings. The standard InChI is InChI=1S/C17H23NO4/c1-3-5-9-17(10-6-4-2)13-8-7-12(22-16(20)21)11-14(13)18-15(17)19/h7-8,11H,3-6,9-10H2,1-2H3,(H,18,19)(H,20,21). The van der Waals surface area contributed by atoms with Crippen LogP contribution in [0, 0.1) is 0 Å². The van der Waals surface area contributed by atoms with Crippen LogP contribution >= 0.6 is 0 Å². The molecule has 0 saturated carbocycles. The van der Waals surface area contributed by atoms with Crippen molar-refractivity contribution in [1.29, 1.82) is 0 Å². The van der Waals surface area contributed by atoms with Crippen molar-refractivity contribution in [2.45, 2.75) is 57.8 Å². The van der Waals surface area contributed by atoms with Gasteiger partial charge in [0.1, 0.15) is 5.75 Å². The molecule has 5 heteroatoms. The van der Waals surface area contributed by atoms with Crippen molar-refractivity contribution in [2.75, 3.05) is 5.32 Å². The van der Waals surface area contributed by atoms with E-state index in [2.05, 4.69) is 23.9 Å². The van der Waals surface area contributed by atoms with E-state index in [1.165, 1.54) is 0 Å². The number of fused-ring (bicyclic) bond motifs is 1. The molecule has 120 valence electrons. The Morgan fingerprint density at radius 3 is 2.41 bits per heavy atom. The van der Waals surface area contributed by atoms with Gasteiger partial charge in [-0.15, -0.1) is 0 Å². The fourth-order valence-electron chi connectivity index (χ4n) is 3.15. The van der Waals surface area contributed by atoms with Crippen molar-refractivity contribution >= 4 is 17.7 Å². The fraction of sp³-hybridized carbons (Fsp3) is 0.529. The zero-order valence-electron chi connectivity index (χ0n) is 13.1. The molecule has 1 heterocycles. The summed E-state index contributed by atoms with van der Waals surface area (Å²) >= 11 is 0. The first kappa shape index (κ1) is 16.3. The molecule has 1 aliphatic heterocycles. The van der Waals surface area contributed by atoms with E-state index >= 15 is 0 Å². The van der Waals surface area contributed by atoms with E-state index in [9.17, 15) is 9.59 Å². The number of hydrogen-bond donors (Lipinski definition) is 2. The number of amides is 1. The lowest BCUT2D eigenvalue weighted by molar-refractivity contribution is -0.121. The number of carbonyl (C=O) groups excluding carboxylic acids is 1. The second-order valence-corrected chi connectivity index (χ2v) is 5.82. The van der Waals surface area contributed by atoms with E-state index in [0.717, 1.165) is 44.1 Å². The molecule has 0 atom stereocenters. The molecular weight excluding hydrogens is 282 g/mol. The number of carbonyl (C=O) groups is 2. The number of ether oxygens (including phenoxy) is 1. The second kappa shape index (κ2) is 6.81. The second-order valence-electron chi connectivity index (χ2n) is 5.82. The normalized spacial score (nSPS) is 15.3. The minimum absolute atomic E-state index is 0.0249. The van der Waals surface area contributed by atoms with Gasteiger partial charge in [-0.25, -0.2) is 4.79 Å². The van der Waals surface area contributed by atoms with Crippen LogP contribution in [0.4, 0.5) is 10.5 Å². The highest BCUT2D eigenvalue weighted by atomic mass is 16.7. The van der Waals surface area contributed by atoms with Gasteiger partial charge < -0.3 is 15.2 Å². The largest absolute Gasteiger partial charge is 0.511 e. The summed E-state index contributed by atoms with van der Waals surface area (Å²) < 4.78 is 4.67. The third-order valence-corrected chi connectivity index (χ3v) is 4.31. The number of nitrogens with one attached hydrogen (secondary N) is 1. The van der Waals surface area contributed by atoms with Gasteiger partial charge in [0.25, 0.3) is 0 Å². The molecule has 1 amide bonds. The van der Waals surface area contributed by atoms with Gasteiger partial charge in [-0.05, 0) is 24.5 Å². The molecule has 0 aliphatic carbocycles. The molecule has 1 aliphatic rings. The minimum Gasteiger partial charge on any atom is -0.449 e. The van der Waals surface area contributed by atoms with Crippen LogP contribution in [0.2, 0.25) is 0 Å². The number of carboxylic acid groups (broad SMARTS) is 1. The van der Waals surface area contributed by atoms with Crippen LogP contribution in [0.1, 0.15) is 57.9 Å². The van der Waals surface area contributed by atoms with E-state index in [0.29, 0.717) is 5.69 Å². The zero-order chi connectivity index (χ0) is 16.2. The number of benzene rings is 1. The average Bonchev–Trinajstić information content (AvgIpc) is 2.74. The third-order valence-electron chi connectivity index (χ3n) is 4.31. The van der Waals surface area contributed by atoms with Crippen LogP contribution in [0.15, 0.2) is 18.2 Å². The first-order chi connectivity index (χ1) is 10.5. The Hall–Kier alpha value is -2.04. The van der Waals surface area contributed by atoms with Gasteiger partial charge in [0.05, 0.1) is 5.41 Å². The van der Waals surface area contributed by atoms with Gasteiger partial charge in [0.15, 0.2) is 0 Å². The molecule has 0 aromatic heterocycles. The van der Waals surface area contributed by atoms with Gasteiger partial charge >= 0.3 is 6.16 Å². The maximum Gasteiger partial charge on any atom is 0.511 e.